The molecule has 2 rings (SSSR count). The minimum Gasteiger partial charge on any atom is -0.490 e. The van der Waals surface area contributed by atoms with Crippen molar-refractivity contribution >= 4 is 17.7 Å². The van der Waals surface area contributed by atoms with Gasteiger partial charge >= 0.3 is 6.61 Å². The highest BCUT2D eigenvalue weighted by Crippen LogP contribution is 2.30. The van der Waals surface area contributed by atoms with Gasteiger partial charge in [-0.1, -0.05) is 38.1 Å². The molecule has 2 aromatic carbocycles. The molecule has 0 unspecified atom stereocenters. The number of aryl methyl sites for hydroxylation is 2. The number of hydrogen-bond donors (Lipinski definition) is 1. The maximum absolute atomic E-state index is 12.5. The summed E-state index contributed by atoms with van der Waals surface area (Å²) in [6, 6.07) is 10.5. The molecule has 0 fully saturated rings. The average molecular weight is 389 g/mol. The predicted molar refractivity (Wildman–Crippen MR) is 107 cm³/mol. The Labute approximate surface area is 164 Å². The Morgan fingerprint density at radius 1 is 1.07 bits per heavy atom. The molecule has 0 saturated carbocycles. The number of rotatable bonds is 9. The molecule has 0 saturated heterocycles. The number of hydrogen-bond acceptors (Lipinski definition) is 3. The Morgan fingerprint density at radius 2 is 1.75 bits per heavy atom. The van der Waals surface area contributed by atoms with Crippen molar-refractivity contribution in [1.29, 1.82) is 0 Å². The third-order valence-corrected chi connectivity index (χ3v) is 4.16. The van der Waals surface area contributed by atoms with Crippen molar-refractivity contribution in [2.75, 3.05) is 11.9 Å². The highest BCUT2D eigenvalue weighted by Gasteiger charge is 2.11. The van der Waals surface area contributed by atoms with Gasteiger partial charge in [0.1, 0.15) is 0 Å². The number of carbonyl (C=O) groups excluding carboxylic acids is 1. The monoisotopic (exact) mass is 389 g/mol. The van der Waals surface area contributed by atoms with E-state index in [-0.39, 0.29) is 17.4 Å². The van der Waals surface area contributed by atoms with Crippen LogP contribution in [-0.2, 0) is 17.6 Å². The molecule has 28 heavy (non-hydrogen) atoms. The number of benzene rings is 2. The lowest BCUT2D eigenvalue weighted by Gasteiger charge is -2.13. The lowest BCUT2D eigenvalue weighted by atomic mass is 10.0. The number of para-hydroxylation sites is 1. The molecule has 0 aromatic heterocycles. The van der Waals surface area contributed by atoms with Crippen molar-refractivity contribution in [2.24, 2.45) is 0 Å². The summed E-state index contributed by atoms with van der Waals surface area (Å²) in [5, 5.41) is 2.95. The van der Waals surface area contributed by atoms with Crippen LogP contribution in [0.4, 0.5) is 14.5 Å². The van der Waals surface area contributed by atoms with E-state index in [1.165, 1.54) is 12.1 Å². The van der Waals surface area contributed by atoms with Crippen LogP contribution in [0.1, 0.15) is 37.5 Å². The minimum atomic E-state index is -2.93. The molecule has 0 aliphatic carbocycles. The third kappa shape index (κ3) is 5.81. The van der Waals surface area contributed by atoms with Crippen LogP contribution in [0, 0.1) is 0 Å². The molecule has 0 radical (unpaired) electrons. The summed E-state index contributed by atoms with van der Waals surface area (Å²) in [6.45, 7) is 3.20. The summed E-state index contributed by atoms with van der Waals surface area (Å²) >= 11 is 0. The average Bonchev–Trinajstić information content (AvgIpc) is 2.68. The van der Waals surface area contributed by atoms with Crippen LogP contribution < -0.4 is 14.8 Å². The smallest absolute Gasteiger partial charge is 0.387 e. The molecule has 6 heteroatoms. The first-order chi connectivity index (χ1) is 13.5. The van der Waals surface area contributed by atoms with Crippen LogP contribution in [0.25, 0.3) is 6.08 Å². The highest BCUT2D eigenvalue weighted by atomic mass is 19.3. The minimum absolute atomic E-state index is 0.0390. The first-order valence-electron chi connectivity index (χ1n) is 9.29. The zero-order chi connectivity index (χ0) is 20.5. The second kappa shape index (κ2) is 10.4. The number of anilines is 1. The van der Waals surface area contributed by atoms with Gasteiger partial charge in [0.15, 0.2) is 11.5 Å². The van der Waals surface area contributed by atoms with E-state index in [0.29, 0.717) is 12.2 Å². The molecule has 0 bridgehead atoms. The molecular formula is C22H25F2NO3. The van der Waals surface area contributed by atoms with Gasteiger partial charge in [0.25, 0.3) is 0 Å². The molecule has 0 spiro atoms. The Morgan fingerprint density at radius 3 is 2.32 bits per heavy atom. The Bertz CT molecular complexity index is 812. The van der Waals surface area contributed by atoms with Gasteiger partial charge in [0.05, 0.1) is 6.61 Å². The van der Waals surface area contributed by atoms with Crippen LogP contribution in [0.2, 0.25) is 0 Å². The van der Waals surface area contributed by atoms with Gasteiger partial charge in [0, 0.05) is 11.8 Å². The van der Waals surface area contributed by atoms with Crippen molar-refractivity contribution in [3.63, 3.8) is 0 Å². The van der Waals surface area contributed by atoms with Crippen molar-refractivity contribution in [3.05, 3.63) is 59.2 Å². The van der Waals surface area contributed by atoms with Gasteiger partial charge < -0.3 is 14.8 Å². The van der Waals surface area contributed by atoms with E-state index in [9.17, 15) is 13.6 Å². The largest absolute Gasteiger partial charge is 0.490 e. The van der Waals surface area contributed by atoms with E-state index < -0.39 is 6.61 Å². The summed E-state index contributed by atoms with van der Waals surface area (Å²) in [6.07, 6.45) is 4.64. The van der Waals surface area contributed by atoms with Gasteiger partial charge in [-0.05, 0) is 54.7 Å². The van der Waals surface area contributed by atoms with Crippen molar-refractivity contribution in [1.82, 2.24) is 0 Å². The molecule has 150 valence electrons. The normalized spacial score (nSPS) is 11.1. The van der Waals surface area contributed by atoms with Gasteiger partial charge in [-0.15, -0.1) is 0 Å². The van der Waals surface area contributed by atoms with E-state index in [2.05, 4.69) is 10.1 Å². The number of ether oxygens (including phenoxy) is 2. The molecule has 0 atom stereocenters. The number of nitrogens with one attached hydrogen (secondary N) is 1. The molecule has 1 N–H and O–H groups in total. The van der Waals surface area contributed by atoms with E-state index in [0.717, 1.165) is 29.7 Å². The number of carbonyl (C=O) groups is 1. The summed E-state index contributed by atoms with van der Waals surface area (Å²) in [5.41, 5.74) is 3.64. The molecule has 0 aliphatic heterocycles. The molecular weight excluding hydrogens is 364 g/mol. The molecule has 1 amide bonds. The Kier molecular flexibility index (Phi) is 7.99. The highest BCUT2D eigenvalue weighted by molar-refractivity contribution is 6.02. The first-order valence-corrected chi connectivity index (χ1v) is 9.29. The summed E-state index contributed by atoms with van der Waals surface area (Å²) < 4.78 is 34.8. The Balaban J connectivity index is 2.17. The topological polar surface area (TPSA) is 47.6 Å². The predicted octanol–water partition coefficient (Wildman–Crippen LogP) is 5.46. The van der Waals surface area contributed by atoms with Crippen molar-refractivity contribution in [3.8, 4) is 11.5 Å². The second-order valence-corrected chi connectivity index (χ2v) is 6.00. The zero-order valence-corrected chi connectivity index (χ0v) is 16.3. The van der Waals surface area contributed by atoms with Crippen LogP contribution in [-0.4, -0.2) is 19.1 Å². The standard InChI is InChI=1S/C22H25F2NO3/c1-4-16-8-7-9-17(5-2)21(16)25-20(26)13-11-15-10-12-18(28-22(23)24)19(14-15)27-6-3/h7-14,22H,4-6H2,1-3H3,(H,25,26)/b13-11+. The lowest BCUT2D eigenvalue weighted by molar-refractivity contribution is -0.111. The third-order valence-electron chi connectivity index (χ3n) is 4.16. The fraction of sp³-hybridized carbons (Fsp3) is 0.318. The van der Waals surface area contributed by atoms with E-state index in [1.54, 1.807) is 25.1 Å². The van der Waals surface area contributed by atoms with Crippen LogP contribution in [0.15, 0.2) is 42.5 Å². The molecule has 0 heterocycles. The van der Waals surface area contributed by atoms with E-state index in [4.69, 9.17) is 4.74 Å². The SMILES string of the molecule is CCOc1cc(/C=C/C(=O)Nc2c(CC)cccc2CC)ccc1OC(F)F. The second-order valence-electron chi connectivity index (χ2n) is 6.00. The fourth-order valence-electron chi connectivity index (χ4n) is 2.83. The Hall–Kier alpha value is -2.89. The molecule has 0 aliphatic rings. The lowest BCUT2D eigenvalue weighted by Crippen LogP contribution is -2.11. The zero-order valence-electron chi connectivity index (χ0n) is 16.3. The maximum atomic E-state index is 12.5. The van der Waals surface area contributed by atoms with E-state index >= 15 is 0 Å². The van der Waals surface area contributed by atoms with Crippen LogP contribution in [0.3, 0.4) is 0 Å². The number of halogens is 2. The fourth-order valence-corrected chi connectivity index (χ4v) is 2.83. The van der Waals surface area contributed by atoms with E-state index in [1.807, 2.05) is 32.0 Å². The van der Waals surface area contributed by atoms with Gasteiger partial charge in [-0.25, -0.2) is 0 Å². The first kappa shape index (κ1) is 21.4. The van der Waals surface area contributed by atoms with Crippen LogP contribution >= 0.6 is 0 Å². The van der Waals surface area contributed by atoms with Gasteiger partial charge in [-0.2, -0.15) is 8.78 Å². The maximum Gasteiger partial charge on any atom is 0.387 e. The quantitative estimate of drug-likeness (QED) is 0.579. The van der Waals surface area contributed by atoms with Crippen LogP contribution in [0.5, 0.6) is 11.5 Å². The van der Waals surface area contributed by atoms with Crippen molar-refractivity contribution in [2.45, 2.75) is 40.2 Å². The molecule has 4 nitrogen and oxygen atoms in total. The molecule has 2 aromatic rings. The van der Waals surface area contributed by atoms with Gasteiger partial charge in [-0.3, -0.25) is 4.79 Å². The summed E-state index contributed by atoms with van der Waals surface area (Å²) in [7, 11) is 0. The number of amides is 1. The van der Waals surface area contributed by atoms with Crippen molar-refractivity contribution < 1.29 is 23.0 Å². The summed E-state index contributed by atoms with van der Waals surface area (Å²) in [4.78, 5) is 12.4. The summed E-state index contributed by atoms with van der Waals surface area (Å²) in [5.74, 6) is -0.0978. The van der Waals surface area contributed by atoms with Gasteiger partial charge in [0.2, 0.25) is 5.91 Å². The number of alkyl halides is 2.